The summed E-state index contributed by atoms with van der Waals surface area (Å²) in [6.07, 6.45) is 0. The summed E-state index contributed by atoms with van der Waals surface area (Å²) in [4.78, 5) is 17.6. The molecular weight excluding hydrogens is 572 g/mol. The number of anilines is 1. The van der Waals surface area contributed by atoms with Crippen LogP contribution < -0.4 is 10.1 Å². The lowest BCUT2D eigenvalue weighted by atomic mass is 10.2. The number of amides is 1. The minimum atomic E-state index is -0.407. The Bertz CT molecular complexity index is 1390. The summed E-state index contributed by atoms with van der Waals surface area (Å²) in [6, 6.07) is 32.0. The summed E-state index contributed by atoms with van der Waals surface area (Å²) in [6.45, 7) is 0. The van der Waals surface area contributed by atoms with Gasteiger partial charge < -0.3 is 10.1 Å². The minimum absolute atomic E-state index is 0.0652. The highest BCUT2D eigenvalue weighted by molar-refractivity contribution is 9.10. The molecule has 1 aromatic heterocycles. The van der Waals surface area contributed by atoms with E-state index in [1.54, 1.807) is 28.9 Å². The lowest BCUT2D eigenvalue weighted by Gasteiger charge is -2.07. The van der Waals surface area contributed by atoms with Gasteiger partial charge in [0.05, 0.1) is 5.69 Å². The second-order valence-corrected chi connectivity index (χ2v) is 9.38. The summed E-state index contributed by atoms with van der Waals surface area (Å²) in [5.41, 5.74) is 2.24. The fourth-order valence-electron chi connectivity index (χ4n) is 3.37. The van der Waals surface area contributed by atoms with Gasteiger partial charge >= 0.3 is 0 Å². The third-order valence-electron chi connectivity index (χ3n) is 5.07. The molecule has 8 heteroatoms. The van der Waals surface area contributed by atoms with Gasteiger partial charge in [0.2, 0.25) is 5.82 Å². The number of rotatable bonds is 6. The van der Waals surface area contributed by atoms with E-state index in [1.165, 1.54) is 0 Å². The Labute approximate surface area is 218 Å². The van der Waals surface area contributed by atoms with Crippen LogP contribution in [0.2, 0.25) is 0 Å². The molecule has 0 unspecified atom stereocenters. The molecule has 0 bridgehead atoms. The maximum Gasteiger partial charge on any atom is 0.295 e. The lowest BCUT2D eigenvalue weighted by Crippen LogP contribution is -2.14. The van der Waals surface area contributed by atoms with Crippen LogP contribution in [0.5, 0.6) is 11.5 Å². The van der Waals surface area contributed by atoms with Crippen molar-refractivity contribution in [3.63, 3.8) is 0 Å². The van der Waals surface area contributed by atoms with Crippen molar-refractivity contribution < 1.29 is 9.53 Å². The zero-order valence-electron chi connectivity index (χ0n) is 18.2. The van der Waals surface area contributed by atoms with Gasteiger partial charge in [0.1, 0.15) is 11.5 Å². The van der Waals surface area contributed by atoms with Crippen LogP contribution in [0.15, 0.2) is 112 Å². The van der Waals surface area contributed by atoms with Gasteiger partial charge in [-0.1, -0.05) is 62.2 Å². The van der Waals surface area contributed by atoms with Crippen LogP contribution in [-0.2, 0) is 0 Å². The summed E-state index contributed by atoms with van der Waals surface area (Å²) in [5, 5.41) is 7.38. The van der Waals surface area contributed by atoms with Crippen LogP contribution in [0.25, 0.3) is 17.1 Å². The molecule has 0 aliphatic heterocycles. The first-order chi connectivity index (χ1) is 17.0. The highest BCUT2D eigenvalue weighted by Crippen LogP contribution is 2.25. The van der Waals surface area contributed by atoms with Gasteiger partial charge in [-0.25, -0.2) is 9.67 Å². The molecule has 4 aromatic carbocycles. The monoisotopic (exact) mass is 588 g/mol. The zero-order valence-corrected chi connectivity index (χ0v) is 21.4. The summed E-state index contributed by atoms with van der Waals surface area (Å²) in [5.74, 6) is 1.64. The molecule has 35 heavy (non-hydrogen) atoms. The number of carbonyl (C=O) groups excluding carboxylic acids is 1. The van der Waals surface area contributed by atoms with E-state index in [0.29, 0.717) is 17.3 Å². The molecule has 5 rings (SSSR count). The standard InChI is InChI=1S/C27H18Br2N4O2/c28-19-8-6-18(7-9-19)26-31-25(32-33(26)22-14-10-20(29)11-15-22)27(34)30-21-12-16-24(17-13-21)35-23-4-2-1-3-5-23/h1-17H,(H,30,34). The molecule has 1 N–H and O–H groups in total. The highest BCUT2D eigenvalue weighted by Gasteiger charge is 2.19. The second kappa shape index (κ2) is 10.2. The number of nitrogens with zero attached hydrogens (tertiary/aromatic N) is 3. The number of para-hydroxylation sites is 1. The molecule has 1 heterocycles. The number of aromatic nitrogens is 3. The number of benzene rings is 4. The lowest BCUT2D eigenvalue weighted by molar-refractivity contribution is 0.101. The van der Waals surface area contributed by atoms with Gasteiger partial charge in [-0.2, -0.15) is 0 Å². The van der Waals surface area contributed by atoms with Crippen LogP contribution in [0, 0.1) is 0 Å². The molecule has 0 radical (unpaired) electrons. The Morgan fingerprint density at radius 3 is 2.00 bits per heavy atom. The van der Waals surface area contributed by atoms with Crippen molar-refractivity contribution >= 4 is 43.5 Å². The maximum atomic E-state index is 13.0. The van der Waals surface area contributed by atoms with Crippen LogP contribution in [0.1, 0.15) is 10.6 Å². The smallest absolute Gasteiger partial charge is 0.295 e. The van der Waals surface area contributed by atoms with Gasteiger partial charge in [-0.05, 0) is 72.8 Å². The van der Waals surface area contributed by atoms with E-state index in [-0.39, 0.29) is 5.82 Å². The van der Waals surface area contributed by atoms with Gasteiger partial charge in [-0.15, -0.1) is 5.10 Å². The topological polar surface area (TPSA) is 69.0 Å². The van der Waals surface area contributed by atoms with Crippen LogP contribution in [0.4, 0.5) is 5.69 Å². The molecule has 172 valence electrons. The van der Waals surface area contributed by atoms with Gasteiger partial charge in [-0.3, -0.25) is 4.79 Å². The van der Waals surface area contributed by atoms with E-state index in [1.807, 2.05) is 78.9 Å². The van der Waals surface area contributed by atoms with E-state index in [9.17, 15) is 4.79 Å². The number of nitrogens with one attached hydrogen (secondary N) is 1. The van der Waals surface area contributed by atoms with E-state index >= 15 is 0 Å². The molecule has 0 fully saturated rings. The van der Waals surface area contributed by atoms with E-state index in [2.05, 4.69) is 47.3 Å². The fraction of sp³-hybridized carbons (Fsp3) is 0. The quantitative estimate of drug-likeness (QED) is 0.223. The molecule has 0 saturated carbocycles. The van der Waals surface area contributed by atoms with E-state index in [0.717, 1.165) is 25.9 Å². The molecule has 0 atom stereocenters. The third kappa shape index (κ3) is 5.50. The minimum Gasteiger partial charge on any atom is -0.457 e. The van der Waals surface area contributed by atoms with Crippen LogP contribution in [-0.4, -0.2) is 20.7 Å². The second-order valence-electron chi connectivity index (χ2n) is 7.55. The summed E-state index contributed by atoms with van der Waals surface area (Å²) >= 11 is 6.91. The number of hydrogen-bond acceptors (Lipinski definition) is 4. The summed E-state index contributed by atoms with van der Waals surface area (Å²) < 4.78 is 9.38. The largest absolute Gasteiger partial charge is 0.457 e. The van der Waals surface area contributed by atoms with Gasteiger partial charge in [0.15, 0.2) is 5.82 Å². The molecule has 6 nitrogen and oxygen atoms in total. The third-order valence-corrected chi connectivity index (χ3v) is 6.13. The van der Waals surface area contributed by atoms with Crippen molar-refractivity contribution in [1.82, 2.24) is 14.8 Å². The average molecular weight is 590 g/mol. The normalized spacial score (nSPS) is 10.7. The van der Waals surface area contributed by atoms with Gasteiger partial charge in [0.25, 0.3) is 5.91 Å². The molecule has 0 saturated heterocycles. The highest BCUT2D eigenvalue weighted by atomic mass is 79.9. The molecule has 0 spiro atoms. The molecule has 1 amide bonds. The van der Waals surface area contributed by atoms with Crippen molar-refractivity contribution in [1.29, 1.82) is 0 Å². The predicted octanol–water partition coefficient (Wildman–Crippen LogP) is 7.50. The first kappa shape index (κ1) is 23.0. The van der Waals surface area contributed by atoms with Crippen LogP contribution >= 0.6 is 31.9 Å². The number of ether oxygens (including phenoxy) is 1. The van der Waals surface area contributed by atoms with E-state index < -0.39 is 5.91 Å². The molecule has 0 aliphatic carbocycles. The van der Waals surface area contributed by atoms with Crippen molar-refractivity contribution in [2.75, 3.05) is 5.32 Å². The Morgan fingerprint density at radius 1 is 0.743 bits per heavy atom. The average Bonchev–Trinajstić information content (AvgIpc) is 3.32. The predicted molar refractivity (Wildman–Crippen MR) is 143 cm³/mol. The fourth-order valence-corrected chi connectivity index (χ4v) is 3.90. The summed E-state index contributed by atoms with van der Waals surface area (Å²) in [7, 11) is 0. The van der Waals surface area contributed by atoms with Crippen LogP contribution in [0.3, 0.4) is 0 Å². The number of carbonyl (C=O) groups is 1. The van der Waals surface area contributed by atoms with Crippen molar-refractivity contribution in [3.05, 3.63) is 118 Å². The number of halogens is 2. The number of hydrogen-bond donors (Lipinski definition) is 1. The zero-order chi connectivity index (χ0) is 24.2. The molecular formula is C27H18Br2N4O2. The van der Waals surface area contributed by atoms with Crippen molar-refractivity contribution in [3.8, 4) is 28.6 Å². The first-order valence-electron chi connectivity index (χ1n) is 10.7. The first-order valence-corrected chi connectivity index (χ1v) is 12.3. The SMILES string of the molecule is O=C(Nc1ccc(Oc2ccccc2)cc1)c1nc(-c2ccc(Br)cc2)n(-c2ccc(Br)cc2)n1. The van der Waals surface area contributed by atoms with Crippen molar-refractivity contribution in [2.45, 2.75) is 0 Å². The maximum absolute atomic E-state index is 13.0. The Balaban J connectivity index is 1.40. The van der Waals surface area contributed by atoms with Crippen molar-refractivity contribution in [2.24, 2.45) is 0 Å². The van der Waals surface area contributed by atoms with Gasteiger partial charge in [0, 0.05) is 20.2 Å². The Morgan fingerprint density at radius 2 is 1.34 bits per heavy atom. The Kier molecular flexibility index (Phi) is 6.74. The van der Waals surface area contributed by atoms with E-state index in [4.69, 9.17) is 4.74 Å². The Hall–Kier alpha value is -3.75. The molecule has 5 aromatic rings. The molecule has 0 aliphatic rings.